The quantitative estimate of drug-likeness (QED) is 0.318. The van der Waals surface area contributed by atoms with Gasteiger partial charge in [0, 0.05) is 0 Å². The lowest BCUT2D eigenvalue weighted by atomic mass is 10.2. The Hall–Kier alpha value is -1.43. The molecule has 0 bridgehead atoms. The van der Waals surface area contributed by atoms with Crippen LogP contribution >= 0.6 is 0 Å². The Morgan fingerprint density at radius 3 is 1.60 bits per heavy atom. The highest BCUT2D eigenvalue weighted by atomic mass is 16.4. The van der Waals surface area contributed by atoms with E-state index in [0.29, 0.717) is 0 Å². The molecule has 0 aromatic rings. The van der Waals surface area contributed by atoms with E-state index in [1.54, 1.807) is 0 Å². The van der Waals surface area contributed by atoms with Crippen molar-refractivity contribution in [3.05, 3.63) is 0 Å². The van der Waals surface area contributed by atoms with Gasteiger partial charge in [-0.25, -0.2) is 9.59 Å². The maximum atomic E-state index is 10.1. The largest absolute Gasteiger partial charge is 0.479 e. The molecule has 0 aromatic carbocycles. The minimum Gasteiger partial charge on any atom is -0.479 e. The van der Waals surface area contributed by atoms with Crippen LogP contribution in [-0.4, -0.2) is 39.1 Å². The fourth-order valence-corrected chi connectivity index (χ4v) is 0.229. The van der Waals surface area contributed by atoms with Gasteiger partial charge in [0.2, 0.25) is 6.10 Å². The van der Waals surface area contributed by atoms with Crippen molar-refractivity contribution in [3.8, 4) is 0 Å². The second kappa shape index (κ2) is 2.92. The molecule has 0 unspecified atom stereocenters. The van der Waals surface area contributed by atoms with Crippen LogP contribution in [0.3, 0.4) is 0 Å². The Morgan fingerprint density at radius 2 is 1.50 bits per heavy atom. The number of rotatable bonds is 3. The van der Waals surface area contributed by atoms with Crippen molar-refractivity contribution < 1.29 is 29.7 Å². The molecule has 0 radical (unpaired) electrons. The van der Waals surface area contributed by atoms with Gasteiger partial charge in [-0.1, -0.05) is 0 Å². The van der Waals surface area contributed by atoms with Gasteiger partial charge >= 0.3 is 11.9 Å². The van der Waals surface area contributed by atoms with E-state index in [9.17, 15) is 14.4 Å². The van der Waals surface area contributed by atoms with Gasteiger partial charge in [0.1, 0.15) is 0 Å². The topological polar surface area (TPSA) is 112 Å². The zero-order valence-electron chi connectivity index (χ0n) is 4.64. The minimum atomic E-state index is -2.46. The summed E-state index contributed by atoms with van der Waals surface area (Å²) in [6.45, 7) is 0. The number of carboxylic acids is 2. The van der Waals surface area contributed by atoms with Crippen LogP contribution in [0.4, 0.5) is 0 Å². The number of carboxylic acid groups (broad SMARTS) is 2. The van der Waals surface area contributed by atoms with Crippen LogP contribution in [0.2, 0.25) is 0 Å². The Labute approximate surface area is 54.7 Å². The van der Waals surface area contributed by atoms with E-state index >= 15 is 0 Å². The van der Waals surface area contributed by atoms with E-state index in [4.69, 9.17) is 15.3 Å². The summed E-state index contributed by atoms with van der Waals surface area (Å²) in [5.41, 5.74) is 0. The van der Waals surface area contributed by atoms with Crippen LogP contribution in [-0.2, 0) is 14.4 Å². The molecule has 0 rings (SSSR count). The van der Waals surface area contributed by atoms with Gasteiger partial charge in [0.05, 0.1) is 0 Å². The standard InChI is InChI=1S/C4H4O6/c5-1(3(7)8)2(6)4(9)10/h1,5H,(H,7,8)(H,9,10)/t1-/m0/s1. The number of ketones is 1. The van der Waals surface area contributed by atoms with E-state index in [1.165, 1.54) is 0 Å². The van der Waals surface area contributed by atoms with Crippen LogP contribution in [0.1, 0.15) is 0 Å². The van der Waals surface area contributed by atoms with Gasteiger partial charge in [-0.05, 0) is 0 Å². The number of aliphatic hydroxyl groups is 1. The monoisotopic (exact) mass is 148 g/mol. The number of aliphatic hydroxyl groups excluding tert-OH is 1. The van der Waals surface area contributed by atoms with E-state index in [-0.39, 0.29) is 0 Å². The molecular weight excluding hydrogens is 144 g/mol. The molecule has 1 atom stereocenters. The summed E-state index contributed by atoms with van der Waals surface area (Å²) in [6.07, 6.45) is -2.46. The lowest BCUT2D eigenvalue weighted by Crippen LogP contribution is -2.34. The molecule has 56 valence electrons. The van der Waals surface area contributed by atoms with Gasteiger partial charge in [0.25, 0.3) is 5.78 Å². The lowest BCUT2D eigenvalue weighted by Gasteiger charge is -1.97. The van der Waals surface area contributed by atoms with Gasteiger partial charge in [-0.2, -0.15) is 0 Å². The zero-order valence-corrected chi connectivity index (χ0v) is 4.64. The molecule has 0 spiro atoms. The Kier molecular flexibility index (Phi) is 2.51. The van der Waals surface area contributed by atoms with Crippen LogP contribution in [0.5, 0.6) is 0 Å². The second-order valence-corrected chi connectivity index (χ2v) is 1.41. The summed E-state index contributed by atoms with van der Waals surface area (Å²) >= 11 is 0. The normalized spacial score (nSPS) is 12.1. The molecule has 6 heteroatoms. The molecule has 0 aliphatic carbocycles. The first kappa shape index (κ1) is 8.57. The fourth-order valence-electron chi connectivity index (χ4n) is 0.229. The zero-order chi connectivity index (χ0) is 8.31. The molecule has 0 fully saturated rings. The molecule has 0 aromatic heterocycles. The average Bonchev–Trinajstić information content (AvgIpc) is 1.84. The first-order valence-electron chi connectivity index (χ1n) is 2.15. The Balaban J connectivity index is 4.22. The van der Waals surface area contributed by atoms with Crippen LogP contribution in [0.25, 0.3) is 0 Å². The molecule has 0 amide bonds. The lowest BCUT2D eigenvalue weighted by molar-refractivity contribution is -0.161. The molecule has 6 nitrogen and oxygen atoms in total. The molecule has 0 saturated carbocycles. The SMILES string of the molecule is O=C(O)C(=O)[C@H](O)C(=O)O. The smallest absolute Gasteiger partial charge is 0.375 e. The second-order valence-electron chi connectivity index (χ2n) is 1.41. The van der Waals surface area contributed by atoms with Gasteiger partial charge < -0.3 is 15.3 Å². The number of aliphatic carboxylic acids is 2. The molecule has 0 aliphatic rings. The van der Waals surface area contributed by atoms with Crippen LogP contribution in [0, 0.1) is 0 Å². The first-order valence-corrected chi connectivity index (χ1v) is 2.15. The van der Waals surface area contributed by atoms with Crippen LogP contribution < -0.4 is 0 Å². The van der Waals surface area contributed by atoms with Crippen molar-refractivity contribution in [1.29, 1.82) is 0 Å². The number of carbonyl (C=O) groups excluding carboxylic acids is 1. The maximum Gasteiger partial charge on any atom is 0.375 e. The Bertz CT molecular complexity index is 182. The van der Waals surface area contributed by atoms with Crippen molar-refractivity contribution in [2.24, 2.45) is 0 Å². The van der Waals surface area contributed by atoms with Crippen molar-refractivity contribution in [2.45, 2.75) is 6.10 Å². The number of Topliss-reactive ketones (excluding diaryl/α,β-unsaturated/α-hetero) is 1. The van der Waals surface area contributed by atoms with E-state index < -0.39 is 23.8 Å². The highest BCUT2D eigenvalue weighted by Crippen LogP contribution is 1.85. The van der Waals surface area contributed by atoms with Crippen molar-refractivity contribution in [1.82, 2.24) is 0 Å². The van der Waals surface area contributed by atoms with Gasteiger partial charge in [0.15, 0.2) is 0 Å². The predicted octanol–water partition coefficient (Wildman–Crippen LogP) is -1.91. The molecule has 10 heavy (non-hydrogen) atoms. The summed E-state index contributed by atoms with van der Waals surface area (Å²) in [4.78, 5) is 29.4. The third-order valence-electron chi connectivity index (χ3n) is 0.693. The predicted molar refractivity (Wildman–Crippen MR) is 26.3 cm³/mol. The van der Waals surface area contributed by atoms with Crippen LogP contribution in [0.15, 0.2) is 0 Å². The third kappa shape index (κ3) is 1.82. The van der Waals surface area contributed by atoms with Gasteiger partial charge in [-0.15, -0.1) is 0 Å². The highest BCUT2D eigenvalue weighted by Gasteiger charge is 2.28. The fraction of sp³-hybridized carbons (Fsp3) is 0.250. The van der Waals surface area contributed by atoms with E-state index in [1.807, 2.05) is 0 Å². The minimum absolute atomic E-state index is 1.74. The summed E-state index contributed by atoms with van der Waals surface area (Å²) in [6, 6.07) is 0. The summed E-state index contributed by atoms with van der Waals surface area (Å²) in [5, 5.41) is 23.9. The molecule has 3 N–H and O–H groups in total. The highest BCUT2D eigenvalue weighted by molar-refractivity contribution is 6.38. The number of hydrogen-bond acceptors (Lipinski definition) is 4. The van der Waals surface area contributed by atoms with E-state index in [2.05, 4.69) is 0 Å². The summed E-state index contributed by atoms with van der Waals surface area (Å²) in [5.74, 6) is -5.57. The molecule has 0 aliphatic heterocycles. The van der Waals surface area contributed by atoms with Crippen molar-refractivity contribution >= 4 is 17.7 Å². The van der Waals surface area contributed by atoms with Gasteiger partial charge in [-0.3, -0.25) is 4.79 Å². The summed E-state index contributed by atoms with van der Waals surface area (Å²) < 4.78 is 0. The van der Waals surface area contributed by atoms with E-state index in [0.717, 1.165) is 0 Å². The van der Waals surface area contributed by atoms with Crippen molar-refractivity contribution in [3.63, 3.8) is 0 Å². The molecule has 0 saturated heterocycles. The molecule has 0 heterocycles. The maximum absolute atomic E-state index is 10.1. The summed E-state index contributed by atoms with van der Waals surface area (Å²) in [7, 11) is 0. The average molecular weight is 148 g/mol. The molecular formula is C4H4O6. The number of hydrogen-bond donors (Lipinski definition) is 3. The first-order chi connectivity index (χ1) is 4.46. The van der Waals surface area contributed by atoms with Crippen molar-refractivity contribution in [2.75, 3.05) is 0 Å². The number of carbonyl (C=O) groups is 3. The third-order valence-corrected chi connectivity index (χ3v) is 0.693. The Morgan fingerprint density at radius 1 is 1.10 bits per heavy atom.